The van der Waals surface area contributed by atoms with Crippen molar-refractivity contribution in [1.82, 2.24) is 0 Å². The van der Waals surface area contributed by atoms with Gasteiger partial charge in [0.2, 0.25) is 0 Å². The third-order valence-electron chi connectivity index (χ3n) is 21.7. The highest BCUT2D eigenvalue weighted by molar-refractivity contribution is 6.17. The summed E-state index contributed by atoms with van der Waals surface area (Å²) in [5.41, 5.74) is 7.99. The Labute approximate surface area is 655 Å². The second-order valence-electron chi connectivity index (χ2n) is 29.9. The van der Waals surface area contributed by atoms with Crippen LogP contribution in [0.5, 0.6) is 23.0 Å². The van der Waals surface area contributed by atoms with Gasteiger partial charge in [-0.15, -0.1) is 23.2 Å². The van der Waals surface area contributed by atoms with Gasteiger partial charge >= 0.3 is 0 Å². The van der Waals surface area contributed by atoms with E-state index in [0.717, 1.165) is 110 Å². The van der Waals surface area contributed by atoms with Gasteiger partial charge < -0.3 is 29.2 Å². The molecule has 8 aromatic carbocycles. The lowest BCUT2D eigenvalue weighted by Gasteiger charge is -2.30. The third kappa shape index (κ3) is 16.8. The molecule has 4 atom stereocenters. The van der Waals surface area contributed by atoms with E-state index in [-0.39, 0.29) is 105 Å². The van der Waals surface area contributed by atoms with E-state index in [1.54, 1.807) is 24.3 Å². The van der Waals surface area contributed by atoms with Gasteiger partial charge in [-0.05, 0) is 238 Å². The summed E-state index contributed by atoms with van der Waals surface area (Å²) >= 11 is 11.9. The molecule has 16 heteroatoms. The minimum Gasteiger partial charge on any atom is -0.497 e. The van der Waals surface area contributed by atoms with Crippen LogP contribution in [0.2, 0.25) is 0 Å². The Kier molecular flexibility index (Phi) is 17.7. The molecule has 0 spiro atoms. The maximum atomic E-state index is 15.0. The van der Waals surface area contributed by atoms with Gasteiger partial charge in [0.15, 0.2) is 0 Å². The number of halogens is 10. The molecule has 576 valence electrons. The highest BCUT2D eigenvalue weighted by Gasteiger charge is 2.42. The van der Waals surface area contributed by atoms with Crippen LogP contribution in [-0.4, -0.2) is 38.7 Å². The van der Waals surface area contributed by atoms with Crippen LogP contribution in [0.3, 0.4) is 0 Å². The number of methoxy groups -OCH3 is 4. The molecule has 0 radical (unpaired) electrons. The van der Waals surface area contributed by atoms with Crippen LogP contribution in [0.4, 0.5) is 35.1 Å². The van der Waals surface area contributed by atoms with Gasteiger partial charge in [-0.2, -0.15) is 0 Å². The van der Waals surface area contributed by atoms with Gasteiger partial charge in [0.25, 0.3) is 0 Å². The molecule has 0 heterocycles. The number of hydrogen-bond acceptors (Lipinski definition) is 6. The van der Waals surface area contributed by atoms with Gasteiger partial charge in [0, 0.05) is 114 Å². The van der Waals surface area contributed by atoms with Crippen molar-refractivity contribution < 1.29 is 122 Å². The summed E-state index contributed by atoms with van der Waals surface area (Å²) in [5.74, 6) is -0.679. The molecule has 8 aromatic rings. The Hall–Kier alpha value is -7.10. The molecule has 0 aromatic heterocycles. The predicted octanol–water partition coefficient (Wildman–Crippen LogP) is 29.1. The fourth-order valence-electron chi connectivity index (χ4n) is 16.2. The molecule has 0 bridgehead atoms. The quantitative estimate of drug-likeness (QED) is 0.0741. The Balaban J connectivity index is -0.000000138. The van der Waals surface area contributed by atoms with Crippen molar-refractivity contribution in [3.05, 3.63) is 212 Å². The standard InChI is InChI=1S/2C21H23ClF2O.2C21H24F2O2.20H2/c2*1-21(2)8-4-5-17(21)15-9-13(12-22)10-19(24)20(15)16-11-14(25-3)6-7-18(16)23;2*1-21(2)8-4-5-17(21)15-9-13(12-24)10-19(23)20(15)16-11-14(25-3)6-7-18(16)22;;;;;;;;;;;;;;;;;;;;/h2*6-7,9-11,17H,4-5,8,12H2,1-3H3;2*6-7,9-11,17,24H,4-5,8,12H2,1-3H3;20*1H/t4*17-;;;;;;;;;;;;;;;;;;;;/m1010..................../s1/i;;;;19*1+2T;1+2. The average Bonchev–Trinajstić information content (AvgIpc) is 1.72. The summed E-state index contributed by atoms with van der Waals surface area (Å²) in [4.78, 5) is 0. The van der Waals surface area contributed by atoms with Crippen molar-refractivity contribution in [2.45, 2.75) is 181 Å². The molecule has 4 aliphatic rings. The Morgan fingerprint density at radius 2 is 0.550 bits per heavy atom. The van der Waals surface area contributed by atoms with Crippen LogP contribution in [0.15, 0.2) is 121 Å². The molecule has 0 aliphatic heterocycles. The van der Waals surface area contributed by atoms with Crippen LogP contribution >= 0.6 is 23.2 Å². The maximum absolute atomic E-state index is 15.0. The molecule has 6 nitrogen and oxygen atoms in total. The zero-order valence-corrected chi connectivity index (χ0v) is 61.0. The van der Waals surface area contributed by atoms with Gasteiger partial charge in [-0.25, -0.2) is 35.1 Å². The normalized spacial score (nSPS) is 20.7. The van der Waals surface area contributed by atoms with Crippen LogP contribution in [0, 0.1) is 68.2 Å². The molecule has 4 aliphatic carbocycles. The lowest BCUT2D eigenvalue weighted by Crippen LogP contribution is -2.17. The highest BCUT2D eigenvalue weighted by atomic mass is 35.5. The van der Waals surface area contributed by atoms with Crippen molar-refractivity contribution in [2.24, 2.45) is 21.7 Å². The third-order valence-corrected chi connectivity index (χ3v) is 22.3. The number of alkyl halides is 2. The maximum Gasteiger partial charge on any atom is 0.131 e. The molecule has 4 fully saturated rings. The van der Waals surface area contributed by atoms with Crippen LogP contribution < -0.4 is 18.9 Å². The molecule has 100 heavy (non-hydrogen) atoms. The van der Waals surface area contributed by atoms with Crippen molar-refractivity contribution in [2.75, 3.05) is 28.4 Å². The van der Waals surface area contributed by atoms with Crippen molar-refractivity contribution >= 4 is 23.2 Å². The summed E-state index contributed by atoms with van der Waals surface area (Å²) < 4.78 is 329. The van der Waals surface area contributed by atoms with Crippen molar-refractivity contribution in [3.63, 3.8) is 0 Å². The molecule has 0 saturated heterocycles. The Morgan fingerprint density at radius 3 is 0.730 bits per heavy atom. The average molecular weight is 1540 g/mol. The first-order valence-corrected chi connectivity index (χ1v) is 35.5. The molecule has 0 unspecified atom stereocenters. The highest BCUT2D eigenvalue weighted by Crippen LogP contribution is 2.56. The van der Waals surface area contributed by atoms with E-state index in [4.69, 9.17) is 98.6 Å². The number of ether oxygens (including phenoxy) is 4. The number of aliphatic hydroxyl groups excluding tert-OH is 2. The van der Waals surface area contributed by atoms with Crippen molar-refractivity contribution in [3.8, 4) is 67.5 Å². The summed E-state index contributed by atoms with van der Waals surface area (Å²) in [6.07, 6.45) is 12.3. The summed E-state index contributed by atoms with van der Waals surface area (Å²) in [6, 6.07) is 30.6. The van der Waals surface area contributed by atoms with E-state index in [1.807, 2.05) is 24.3 Å². The van der Waals surface area contributed by atoms with Crippen LogP contribution in [0.1, 0.15) is 258 Å². The fraction of sp³-hybridized carbons (Fsp3) is 0.429. The summed E-state index contributed by atoms with van der Waals surface area (Å²) in [5, 5.41) is 19.0. The molecule has 0 amide bonds. The second-order valence-corrected chi connectivity index (χ2v) is 30.4. The zero-order valence-electron chi connectivity index (χ0n) is 97.5. The summed E-state index contributed by atoms with van der Waals surface area (Å²) in [6.45, 7) is 17.0. The zero-order chi connectivity index (χ0) is 111. The lowest BCUT2D eigenvalue weighted by molar-refractivity contribution is 0.280. The number of aliphatic hydroxyl groups is 2. The largest absolute Gasteiger partial charge is 0.497 e. The van der Waals surface area contributed by atoms with E-state index >= 15 is 8.78 Å². The van der Waals surface area contributed by atoms with E-state index in [9.17, 15) is 36.6 Å². The Morgan fingerprint density at radius 1 is 0.340 bits per heavy atom. The van der Waals surface area contributed by atoms with E-state index in [0.29, 0.717) is 45.3 Å². The smallest absolute Gasteiger partial charge is 0.131 e. The fourth-order valence-corrected chi connectivity index (χ4v) is 16.5. The second kappa shape index (κ2) is 32.5. The molecular weight excluding hydrogens is 1330 g/mol. The molecule has 2 N–H and O–H groups in total. The summed E-state index contributed by atoms with van der Waals surface area (Å²) in [7, 11) is 6.04. The Bertz CT molecular complexity index is 3790. The van der Waals surface area contributed by atoms with Crippen molar-refractivity contribution in [1.29, 1.82) is 0 Å². The predicted molar refractivity (Wildman–Crippen MR) is 428 cm³/mol. The van der Waals surface area contributed by atoms with E-state index < -0.39 is 46.5 Å². The topological polar surface area (TPSA) is 77.4 Å². The first-order chi connectivity index (χ1) is 66.5. The van der Waals surface area contributed by atoms with Crippen LogP contribution in [0.25, 0.3) is 44.5 Å². The van der Waals surface area contributed by atoms with Crippen LogP contribution in [-0.2, 0) is 25.0 Å². The molecule has 12 rings (SSSR count). The van der Waals surface area contributed by atoms with Gasteiger partial charge in [0.1, 0.15) is 69.5 Å². The molecular formula is C84H134Cl2F8O6. The first kappa shape index (κ1) is 54.6. The SMILES string of the molecule is COc1ccc(F)c(-c2c(F)cc(CCl)cc2[C@@H]2CCCC2(C)C)c1.COc1ccc(F)c(-c2c(F)cc(CCl)cc2[C@H]2CCCC2(C)C)c1.COc1ccc(F)c(-c2c(F)cc(CO)cc2[C@@H]2CCCC2(C)C)c1.COc1ccc(F)c(-c2c(F)cc(CO)cc2[C@H]2CCCC2(C)C)c1.[3HH].[3H][3H].[3H][3H].[3H][3H].[3H][3H].[3H][3H].[3H][3H].[3H][3H].[3H][3H].[3H][3H].[3H][3H].[3H][3H].[3H][3H].[3H][3H].[3H][3H].[3H][3H].[3H][3H].[3H][3H].[3H][3H].[3H][3H]. The number of benzene rings is 8. The van der Waals surface area contributed by atoms with Gasteiger partial charge in [0.05, 0.1) is 41.7 Å². The van der Waals surface area contributed by atoms with Gasteiger partial charge in [-0.3, -0.25) is 0 Å². The number of hydrogen-bond donors (Lipinski definition) is 2. The monoisotopic (exact) mass is 1540 g/mol. The van der Waals surface area contributed by atoms with E-state index in [2.05, 4.69) is 55.4 Å². The number of rotatable bonds is 16. The molecule has 4 saturated carbocycles. The lowest BCUT2D eigenvalue weighted by atomic mass is 9.75. The van der Waals surface area contributed by atoms with Gasteiger partial charge in [-0.1, -0.05) is 105 Å². The first-order valence-electron chi connectivity index (χ1n) is 53.5. The minimum absolute atomic E-state index is 0. The minimum atomic E-state index is -0.503. The van der Waals surface area contributed by atoms with E-state index in [1.165, 1.54) is 101 Å².